The highest BCUT2D eigenvalue weighted by atomic mass is 16.6. The van der Waals surface area contributed by atoms with Crippen molar-refractivity contribution in [2.75, 3.05) is 10.6 Å². The number of hydrogen-bond acceptors (Lipinski definition) is 6. The van der Waals surface area contributed by atoms with Gasteiger partial charge in [0.25, 0.3) is 0 Å². The highest BCUT2D eigenvalue weighted by Gasteiger charge is 2.14. The third-order valence-corrected chi connectivity index (χ3v) is 4.42. The summed E-state index contributed by atoms with van der Waals surface area (Å²) in [5.41, 5.74) is 1.55. The minimum absolute atomic E-state index is 0.0255. The van der Waals surface area contributed by atoms with Crippen LogP contribution in [0.25, 0.3) is 0 Å². The Morgan fingerprint density at radius 1 is 0.676 bits per heavy atom. The molecule has 3 N–H and O–H groups in total. The third kappa shape index (κ3) is 9.45. The molecule has 0 spiro atoms. The molecule has 3 amide bonds. The van der Waals surface area contributed by atoms with Gasteiger partial charge in [-0.15, -0.1) is 0 Å². The van der Waals surface area contributed by atoms with E-state index in [0.29, 0.717) is 17.1 Å². The Labute approximate surface area is 214 Å². The Morgan fingerprint density at radius 3 is 1.54 bits per heavy atom. The number of carbonyl (C=O) groups excluding carboxylic acids is 3. The molecule has 188 valence electrons. The number of anilines is 2. The zero-order chi connectivity index (χ0) is 26.5. The monoisotopic (exact) mass is 499 g/mol. The number of rotatable bonds is 8. The van der Waals surface area contributed by atoms with Crippen molar-refractivity contribution in [3.8, 4) is 17.2 Å². The van der Waals surface area contributed by atoms with E-state index in [4.69, 9.17) is 14.2 Å². The number of allylic oxidation sites excluding steroid dienone is 5. The van der Waals surface area contributed by atoms with E-state index in [1.165, 1.54) is 18.2 Å². The largest absolute Gasteiger partial charge is 0.417 e. The molecule has 0 fully saturated rings. The number of nitrogens with one attached hydrogen (secondary N) is 3. The summed E-state index contributed by atoms with van der Waals surface area (Å²) < 4.78 is 16.0. The Hall–Kier alpha value is -5.31. The summed E-state index contributed by atoms with van der Waals surface area (Å²) in [6.45, 7) is 5.24. The minimum atomic E-state index is -0.800. The Morgan fingerprint density at radius 2 is 1.11 bits per heavy atom. The second-order valence-corrected chi connectivity index (χ2v) is 7.39. The van der Waals surface area contributed by atoms with Gasteiger partial charge in [-0.2, -0.15) is 0 Å². The van der Waals surface area contributed by atoms with Crippen LogP contribution in [0.3, 0.4) is 0 Å². The van der Waals surface area contributed by atoms with E-state index in [-0.39, 0.29) is 17.2 Å². The summed E-state index contributed by atoms with van der Waals surface area (Å²) in [5.74, 6) is -0.0794. The Kier molecular flexibility index (Phi) is 9.63. The van der Waals surface area contributed by atoms with E-state index in [1.54, 1.807) is 91.9 Å². The SMILES string of the molecule is C=C/C=C\C=C(/C)NC(=O)Oc1cc(OC(=O)Nc2ccccc2)cc(OC(=O)Nc2ccccc2)c1. The van der Waals surface area contributed by atoms with Crippen molar-refractivity contribution < 1.29 is 28.6 Å². The number of carbonyl (C=O) groups is 3. The van der Waals surface area contributed by atoms with E-state index in [9.17, 15) is 14.4 Å². The maximum Gasteiger partial charge on any atom is 0.417 e. The lowest BCUT2D eigenvalue weighted by atomic mass is 10.3. The first-order valence-corrected chi connectivity index (χ1v) is 11.1. The quantitative estimate of drug-likeness (QED) is 0.299. The van der Waals surface area contributed by atoms with Gasteiger partial charge < -0.3 is 14.2 Å². The summed E-state index contributed by atoms with van der Waals surface area (Å²) in [6, 6.07) is 21.3. The molecule has 9 heteroatoms. The molecule has 0 saturated heterocycles. The first-order valence-electron chi connectivity index (χ1n) is 11.1. The molecule has 0 aliphatic rings. The molecule has 0 bridgehead atoms. The molecule has 3 aromatic carbocycles. The van der Waals surface area contributed by atoms with Crippen LogP contribution < -0.4 is 30.2 Å². The van der Waals surface area contributed by atoms with Crippen LogP contribution in [0.4, 0.5) is 25.8 Å². The summed E-state index contributed by atoms with van der Waals surface area (Å²) in [7, 11) is 0. The molecular formula is C28H25N3O6. The minimum Gasteiger partial charge on any atom is -0.410 e. The molecule has 0 radical (unpaired) electrons. The van der Waals surface area contributed by atoms with E-state index >= 15 is 0 Å². The Balaban J connectivity index is 1.75. The van der Waals surface area contributed by atoms with E-state index in [2.05, 4.69) is 22.5 Å². The third-order valence-electron chi connectivity index (χ3n) is 4.42. The highest BCUT2D eigenvalue weighted by Crippen LogP contribution is 2.29. The molecule has 3 aromatic rings. The smallest absolute Gasteiger partial charge is 0.410 e. The summed E-state index contributed by atoms with van der Waals surface area (Å²) in [6.07, 6.45) is 4.25. The van der Waals surface area contributed by atoms with E-state index < -0.39 is 18.3 Å². The molecule has 0 unspecified atom stereocenters. The molecule has 0 saturated carbocycles. The van der Waals surface area contributed by atoms with Crippen LogP contribution in [0.15, 0.2) is 115 Å². The fourth-order valence-electron chi connectivity index (χ4n) is 2.88. The van der Waals surface area contributed by atoms with Crippen molar-refractivity contribution in [2.24, 2.45) is 0 Å². The van der Waals surface area contributed by atoms with Gasteiger partial charge in [-0.1, -0.05) is 61.2 Å². The van der Waals surface area contributed by atoms with Gasteiger partial charge >= 0.3 is 18.3 Å². The molecule has 37 heavy (non-hydrogen) atoms. The first-order chi connectivity index (χ1) is 17.9. The zero-order valence-electron chi connectivity index (χ0n) is 20.0. The summed E-state index contributed by atoms with van der Waals surface area (Å²) in [5, 5.41) is 7.69. The Bertz CT molecular complexity index is 1230. The van der Waals surface area contributed by atoms with Crippen LogP contribution in [0.5, 0.6) is 17.2 Å². The van der Waals surface area contributed by atoms with Crippen LogP contribution >= 0.6 is 0 Å². The maximum absolute atomic E-state index is 12.4. The average Bonchev–Trinajstić information content (AvgIpc) is 2.85. The predicted molar refractivity (Wildman–Crippen MR) is 141 cm³/mol. The number of amides is 3. The van der Waals surface area contributed by atoms with Crippen molar-refractivity contribution in [1.29, 1.82) is 0 Å². The van der Waals surface area contributed by atoms with Gasteiger partial charge in [0.05, 0.1) is 0 Å². The van der Waals surface area contributed by atoms with Gasteiger partial charge in [0.2, 0.25) is 0 Å². The van der Waals surface area contributed by atoms with Crippen LogP contribution in [0, 0.1) is 0 Å². The number of para-hydroxylation sites is 2. The molecule has 0 aliphatic heterocycles. The number of benzene rings is 3. The molecule has 0 aliphatic carbocycles. The van der Waals surface area contributed by atoms with Crippen LogP contribution in [0.1, 0.15) is 6.92 Å². The standard InChI is InChI=1S/C28H25N3O6/c1-3-4-7-12-20(2)29-26(32)35-23-17-24(36-27(33)30-21-13-8-5-9-14-21)19-25(18-23)37-28(34)31-22-15-10-6-11-16-22/h3-19H,1H2,2H3,(H,29,32)(H,30,33)(H,31,34)/b7-4-,20-12+. The van der Waals surface area contributed by atoms with Crippen LogP contribution in [-0.2, 0) is 0 Å². The topological polar surface area (TPSA) is 115 Å². The fourth-order valence-corrected chi connectivity index (χ4v) is 2.88. The van der Waals surface area contributed by atoms with Gasteiger partial charge in [-0.25, -0.2) is 14.4 Å². The summed E-state index contributed by atoms with van der Waals surface area (Å²) >= 11 is 0. The second-order valence-electron chi connectivity index (χ2n) is 7.39. The van der Waals surface area contributed by atoms with Gasteiger partial charge in [0.15, 0.2) is 0 Å². The average molecular weight is 500 g/mol. The molecule has 3 rings (SSSR count). The van der Waals surface area contributed by atoms with Crippen molar-refractivity contribution in [2.45, 2.75) is 6.92 Å². The van der Waals surface area contributed by atoms with Crippen molar-refractivity contribution in [3.63, 3.8) is 0 Å². The summed E-state index contributed by atoms with van der Waals surface area (Å²) in [4.78, 5) is 37.1. The van der Waals surface area contributed by atoms with Crippen molar-refractivity contribution >= 4 is 29.7 Å². The molecule has 9 nitrogen and oxygen atoms in total. The fraction of sp³-hybridized carbons (Fsp3) is 0.0357. The van der Waals surface area contributed by atoms with Crippen LogP contribution in [-0.4, -0.2) is 18.3 Å². The normalized spacial score (nSPS) is 10.8. The number of ether oxygens (including phenoxy) is 3. The van der Waals surface area contributed by atoms with Gasteiger partial charge in [0, 0.05) is 35.3 Å². The van der Waals surface area contributed by atoms with E-state index in [1.807, 2.05) is 0 Å². The molecular weight excluding hydrogens is 474 g/mol. The van der Waals surface area contributed by atoms with E-state index in [0.717, 1.165) is 0 Å². The highest BCUT2D eigenvalue weighted by molar-refractivity contribution is 5.87. The van der Waals surface area contributed by atoms with Crippen LogP contribution in [0.2, 0.25) is 0 Å². The number of hydrogen-bond donors (Lipinski definition) is 3. The second kappa shape index (κ2) is 13.5. The zero-order valence-corrected chi connectivity index (χ0v) is 20.0. The maximum atomic E-state index is 12.4. The van der Waals surface area contributed by atoms with Crippen molar-refractivity contribution in [3.05, 3.63) is 115 Å². The molecule has 0 atom stereocenters. The first kappa shape index (κ1) is 26.3. The predicted octanol–water partition coefficient (Wildman–Crippen LogP) is 6.64. The van der Waals surface area contributed by atoms with Gasteiger partial charge in [0.1, 0.15) is 17.2 Å². The molecule has 0 heterocycles. The van der Waals surface area contributed by atoms with Gasteiger partial charge in [-0.3, -0.25) is 16.0 Å². The van der Waals surface area contributed by atoms with Crippen molar-refractivity contribution in [1.82, 2.24) is 5.32 Å². The van der Waals surface area contributed by atoms with Gasteiger partial charge in [-0.05, 0) is 37.3 Å². The lowest BCUT2D eigenvalue weighted by Crippen LogP contribution is -2.25. The molecule has 0 aromatic heterocycles. The lowest BCUT2D eigenvalue weighted by Gasteiger charge is -2.12. The lowest BCUT2D eigenvalue weighted by molar-refractivity contribution is 0.203.